The van der Waals surface area contributed by atoms with Gasteiger partial charge >= 0.3 is 0 Å². The van der Waals surface area contributed by atoms with Crippen molar-refractivity contribution in [3.05, 3.63) is 82.2 Å². The van der Waals surface area contributed by atoms with Crippen molar-refractivity contribution in [2.24, 2.45) is 10.1 Å². The van der Waals surface area contributed by atoms with Gasteiger partial charge in [0.15, 0.2) is 5.78 Å². The van der Waals surface area contributed by atoms with Gasteiger partial charge in [-0.15, -0.1) is 0 Å². The molecule has 1 fully saturated rings. The van der Waals surface area contributed by atoms with Crippen LogP contribution in [0.5, 0.6) is 0 Å². The number of hydrogen-bond donors (Lipinski definition) is 1. The molecular formula is C33H43N7O4S. The zero-order valence-electron chi connectivity index (χ0n) is 26.7. The number of aromatic nitrogens is 2. The highest BCUT2D eigenvalue weighted by atomic mass is 32.2. The van der Waals surface area contributed by atoms with E-state index in [1.807, 2.05) is 77.2 Å². The summed E-state index contributed by atoms with van der Waals surface area (Å²) in [4.78, 5) is 18.1. The Kier molecular flexibility index (Phi) is 11.8. The molecule has 4 heterocycles. The highest BCUT2D eigenvalue weighted by Crippen LogP contribution is 2.25. The maximum atomic E-state index is 13.3. The average Bonchev–Trinajstić information content (AvgIpc) is 3.49. The summed E-state index contributed by atoms with van der Waals surface area (Å²) in [7, 11) is -3.58. The Morgan fingerprint density at radius 1 is 1.11 bits per heavy atom. The van der Waals surface area contributed by atoms with Gasteiger partial charge in [-0.05, 0) is 44.1 Å². The lowest BCUT2D eigenvalue weighted by Crippen LogP contribution is -2.41. The molecule has 3 aliphatic heterocycles. The largest absolute Gasteiger partial charge is 0.379 e. The molecule has 45 heavy (non-hydrogen) atoms. The Bertz CT molecular complexity index is 1640. The minimum absolute atomic E-state index is 0.0215. The number of morpholine rings is 1. The molecular weight excluding hydrogens is 590 g/mol. The summed E-state index contributed by atoms with van der Waals surface area (Å²) in [5.41, 5.74) is 4.54. The van der Waals surface area contributed by atoms with E-state index in [0.717, 1.165) is 16.8 Å². The second kappa shape index (κ2) is 15.7. The molecule has 2 aromatic rings. The number of fused-ring (bicyclic) bond motifs is 2. The first-order valence-electron chi connectivity index (χ1n) is 15.4. The summed E-state index contributed by atoms with van der Waals surface area (Å²) in [5, 5.41) is 14.2. The summed E-state index contributed by atoms with van der Waals surface area (Å²) in [5.74, 6) is 0.499. The van der Waals surface area contributed by atoms with E-state index in [2.05, 4.69) is 15.4 Å². The van der Waals surface area contributed by atoms with Crippen molar-refractivity contribution in [3.8, 4) is 5.69 Å². The van der Waals surface area contributed by atoms with E-state index in [9.17, 15) is 13.2 Å². The van der Waals surface area contributed by atoms with Gasteiger partial charge in [-0.1, -0.05) is 50.6 Å². The highest BCUT2D eigenvalue weighted by Gasteiger charge is 2.27. The lowest BCUT2D eigenvalue weighted by Gasteiger charge is -2.26. The van der Waals surface area contributed by atoms with Crippen LogP contribution in [0.4, 0.5) is 5.82 Å². The van der Waals surface area contributed by atoms with Crippen LogP contribution in [0, 0.1) is 6.92 Å². The van der Waals surface area contributed by atoms with Crippen molar-refractivity contribution in [3.63, 3.8) is 0 Å². The minimum Gasteiger partial charge on any atom is -0.379 e. The molecule has 0 amide bonds. The molecule has 1 aromatic carbocycles. The average molecular weight is 634 g/mol. The number of aryl methyl sites for hydroxylation is 1. The van der Waals surface area contributed by atoms with Crippen molar-refractivity contribution in [2.45, 2.75) is 47.5 Å². The molecule has 3 aliphatic rings. The quantitative estimate of drug-likeness (QED) is 0.362. The molecule has 12 heteroatoms. The molecule has 0 aliphatic carbocycles. The number of ketones is 1. The van der Waals surface area contributed by atoms with Crippen LogP contribution in [0.15, 0.2) is 81.0 Å². The number of benzene rings is 1. The van der Waals surface area contributed by atoms with Crippen molar-refractivity contribution in [1.29, 1.82) is 0 Å². The number of sulfonamides is 1. The molecule has 0 spiro atoms. The van der Waals surface area contributed by atoms with Crippen LogP contribution < -0.4 is 5.32 Å². The molecule has 0 atom stereocenters. The van der Waals surface area contributed by atoms with Crippen molar-refractivity contribution < 1.29 is 17.9 Å². The Hall–Kier alpha value is -4.13. The van der Waals surface area contributed by atoms with E-state index >= 15 is 0 Å². The fourth-order valence-electron chi connectivity index (χ4n) is 4.82. The lowest BCUT2D eigenvalue weighted by atomic mass is 10.1. The first kappa shape index (κ1) is 33.8. The van der Waals surface area contributed by atoms with Gasteiger partial charge in [-0.25, -0.2) is 13.1 Å². The van der Waals surface area contributed by atoms with Crippen LogP contribution in [-0.4, -0.2) is 85.1 Å². The number of hydrazone groups is 1. The first-order chi connectivity index (χ1) is 21.8. The summed E-state index contributed by atoms with van der Waals surface area (Å²) < 4.78 is 35.0. The van der Waals surface area contributed by atoms with E-state index in [0.29, 0.717) is 73.4 Å². The van der Waals surface area contributed by atoms with Crippen LogP contribution in [0.1, 0.15) is 51.8 Å². The van der Waals surface area contributed by atoms with Gasteiger partial charge in [-0.2, -0.15) is 14.5 Å². The third-order valence-electron chi connectivity index (χ3n) is 7.36. The standard InChI is InChI=1S/C31H37N7O4S.C2H6/c1-4-26(43(40,41)37-15-17-42-18-16-37)12-9-24(3)28-19-31(38(35-28)25-10-7-23(2)8-11-25)33-21-30(39)27-20-34-36-14-6-5-13-32-29(27)22-36;1-2/h6-14,19-20,33H,4-5,15-18,21-22H2,1-3H3;1-2H3/b14-6-,24-9+,26-12+,32-13?;. The molecule has 0 saturated carbocycles. The normalized spacial score (nSPS) is 18.2. The number of Topliss-reactive ketones (excluding diaryl/α,β-unsaturated/α-hetero) is 1. The molecule has 240 valence electrons. The number of rotatable bonds is 10. The Morgan fingerprint density at radius 3 is 2.56 bits per heavy atom. The van der Waals surface area contributed by atoms with Gasteiger partial charge in [0, 0.05) is 38.0 Å². The predicted molar refractivity (Wildman–Crippen MR) is 181 cm³/mol. The van der Waals surface area contributed by atoms with E-state index in [-0.39, 0.29) is 12.3 Å². The Labute approximate surface area is 266 Å². The first-order valence-corrected chi connectivity index (χ1v) is 16.8. The Balaban J connectivity index is 0.00000226. The van der Waals surface area contributed by atoms with Gasteiger partial charge in [0.05, 0.1) is 60.1 Å². The fourth-order valence-corrected chi connectivity index (χ4v) is 6.38. The third-order valence-corrected chi connectivity index (χ3v) is 9.49. The van der Waals surface area contributed by atoms with Gasteiger partial charge < -0.3 is 10.1 Å². The van der Waals surface area contributed by atoms with Crippen LogP contribution in [-0.2, 0) is 19.6 Å². The molecule has 0 radical (unpaired) electrons. The number of carbonyl (C=O) groups excluding carboxylic acids is 1. The number of carbonyl (C=O) groups is 1. The molecule has 1 saturated heterocycles. The highest BCUT2D eigenvalue weighted by molar-refractivity contribution is 7.93. The third kappa shape index (κ3) is 8.33. The van der Waals surface area contributed by atoms with Crippen LogP contribution in [0.2, 0.25) is 0 Å². The summed E-state index contributed by atoms with van der Waals surface area (Å²) >= 11 is 0. The zero-order valence-corrected chi connectivity index (χ0v) is 27.5. The number of nitrogens with zero attached hydrogens (tertiary/aromatic N) is 6. The number of ether oxygens (including phenoxy) is 1. The smallest absolute Gasteiger partial charge is 0.239 e. The van der Waals surface area contributed by atoms with Gasteiger partial charge in [0.1, 0.15) is 5.82 Å². The minimum atomic E-state index is -3.58. The summed E-state index contributed by atoms with van der Waals surface area (Å²) in [6, 6.07) is 9.79. The van der Waals surface area contributed by atoms with E-state index < -0.39 is 10.0 Å². The molecule has 0 unspecified atom stereocenters. The van der Waals surface area contributed by atoms with E-state index in [1.54, 1.807) is 34.3 Å². The van der Waals surface area contributed by atoms with Gasteiger partial charge in [0.2, 0.25) is 10.0 Å². The van der Waals surface area contributed by atoms with Crippen molar-refractivity contribution >= 4 is 39.6 Å². The summed E-state index contributed by atoms with van der Waals surface area (Å²) in [6.07, 6.45) is 11.7. The molecule has 11 nitrogen and oxygen atoms in total. The molecule has 1 aromatic heterocycles. The topological polar surface area (TPSA) is 121 Å². The Morgan fingerprint density at radius 2 is 1.84 bits per heavy atom. The molecule has 1 N–H and O–H groups in total. The lowest BCUT2D eigenvalue weighted by molar-refractivity contribution is -0.113. The van der Waals surface area contributed by atoms with Crippen molar-refractivity contribution in [2.75, 3.05) is 44.7 Å². The van der Waals surface area contributed by atoms with Gasteiger partial charge in [-0.3, -0.25) is 14.8 Å². The van der Waals surface area contributed by atoms with Crippen LogP contribution in [0.3, 0.4) is 0 Å². The maximum Gasteiger partial charge on any atom is 0.239 e. The second-order valence-corrected chi connectivity index (χ2v) is 12.4. The number of allylic oxidation sites excluding steroid dienone is 5. The molecule has 2 bridgehead atoms. The fraction of sp³-hybridized carbons (Fsp3) is 0.394. The SMILES string of the molecule is CC.CC/C(=C\C=C(/C)c1cc(NCC(=O)C2=C3CN(/C=C\CC=N3)N=C2)n(-c2ccc(C)cc2)n1)S(=O)(=O)N1CCOCC1. The van der Waals surface area contributed by atoms with Crippen molar-refractivity contribution in [1.82, 2.24) is 19.1 Å². The number of anilines is 1. The second-order valence-electron chi connectivity index (χ2n) is 10.4. The number of aliphatic imine (C=N–C) groups is 1. The van der Waals surface area contributed by atoms with Crippen LogP contribution in [0.25, 0.3) is 11.3 Å². The zero-order chi connectivity index (χ0) is 32.4. The predicted octanol–water partition coefficient (Wildman–Crippen LogP) is 5.09. The van der Waals surface area contributed by atoms with Gasteiger partial charge in [0.25, 0.3) is 0 Å². The number of hydrogen-bond acceptors (Lipinski definition) is 9. The monoisotopic (exact) mass is 633 g/mol. The maximum absolute atomic E-state index is 13.3. The molecule has 5 rings (SSSR count). The van der Waals surface area contributed by atoms with Crippen LogP contribution >= 0.6 is 0 Å². The van der Waals surface area contributed by atoms with E-state index in [1.165, 1.54) is 4.31 Å². The summed E-state index contributed by atoms with van der Waals surface area (Å²) in [6.45, 7) is 11.7. The van der Waals surface area contributed by atoms with E-state index in [4.69, 9.17) is 9.84 Å². The number of nitrogens with one attached hydrogen (secondary N) is 1.